The largest absolute Gasteiger partial charge is 0.393 e. The number of hydrogen-bond acceptors (Lipinski definition) is 2. The van der Waals surface area contributed by atoms with Gasteiger partial charge in [0, 0.05) is 6.42 Å². The van der Waals surface area contributed by atoms with E-state index in [1.807, 2.05) is 0 Å². The first-order valence-electron chi connectivity index (χ1n) is 12.2. The van der Waals surface area contributed by atoms with Crippen LogP contribution in [0.25, 0.3) is 0 Å². The zero-order valence-corrected chi connectivity index (χ0v) is 19.9. The van der Waals surface area contributed by atoms with E-state index in [2.05, 4.69) is 32.6 Å². The average molecular weight is 437 g/mol. The van der Waals surface area contributed by atoms with Crippen LogP contribution in [0.4, 0.5) is 8.78 Å². The topological polar surface area (TPSA) is 40.5 Å². The first-order chi connectivity index (χ1) is 14.3. The molecular weight excluding hydrogens is 394 g/mol. The van der Waals surface area contributed by atoms with Crippen molar-refractivity contribution < 1.29 is 19.0 Å². The zero-order chi connectivity index (χ0) is 23.0. The lowest BCUT2D eigenvalue weighted by Crippen LogP contribution is -2.43. The predicted molar refractivity (Wildman–Crippen MR) is 123 cm³/mol. The summed E-state index contributed by atoms with van der Waals surface area (Å²) in [6.07, 6.45) is 12.4. The van der Waals surface area contributed by atoms with Gasteiger partial charge >= 0.3 is 0 Å². The SMILES string of the molecule is C=C1CC[C@H](O)C/C1=C/C=C1\CCC[C@]2(C)[C@@H]([C@H](C)CCC(F)(F)C(C)(C)O)CC[C@@H]12. The summed E-state index contributed by atoms with van der Waals surface area (Å²) >= 11 is 0. The molecule has 2 N–H and O–H groups in total. The minimum Gasteiger partial charge on any atom is -0.393 e. The number of hydrogen-bond donors (Lipinski definition) is 2. The molecule has 0 aromatic carbocycles. The zero-order valence-electron chi connectivity index (χ0n) is 19.9. The summed E-state index contributed by atoms with van der Waals surface area (Å²) in [6, 6.07) is 0. The van der Waals surface area contributed by atoms with E-state index in [9.17, 15) is 19.0 Å². The normalized spacial score (nSPS) is 36.1. The Bertz CT molecular complexity index is 730. The quantitative estimate of drug-likeness (QED) is 0.471. The Kier molecular flexibility index (Phi) is 7.23. The van der Waals surface area contributed by atoms with Crippen LogP contribution in [0.2, 0.25) is 0 Å². The molecule has 0 amide bonds. The Morgan fingerprint density at radius 1 is 1.19 bits per heavy atom. The fourth-order valence-electron chi connectivity index (χ4n) is 6.53. The minimum absolute atomic E-state index is 0.162. The van der Waals surface area contributed by atoms with E-state index in [0.29, 0.717) is 24.7 Å². The van der Waals surface area contributed by atoms with Gasteiger partial charge in [-0.25, -0.2) is 8.78 Å². The predicted octanol–water partition coefficient (Wildman–Crippen LogP) is 6.98. The molecule has 5 atom stereocenters. The molecule has 4 heteroatoms. The molecule has 0 aliphatic heterocycles. The van der Waals surface area contributed by atoms with E-state index in [1.54, 1.807) is 0 Å². The number of alkyl halides is 2. The lowest BCUT2D eigenvalue weighted by Gasteiger charge is -2.44. The first-order valence-corrected chi connectivity index (χ1v) is 12.2. The highest BCUT2D eigenvalue weighted by Gasteiger charge is 2.51. The van der Waals surface area contributed by atoms with E-state index < -0.39 is 11.5 Å². The van der Waals surface area contributed by atoms with Crippen LogP contribution < -0.4 is 0 Å². The van der Waals surface area contributed by atoms with Crippen LogP contribution in [0.1, 0.15) is 91.9 Å². The van der Waals surface area contributed by atoms with Crippen molar-refractivity contribution in [3.63, 3.8) is 0 Å². The molecule has 3 aliphatic rings. The van der Waals surface area contributed by atoms with Gasteiger partial charge in [0.2, 0.25) is 0 Å². The van der Waals surface area contributed by atoms with Gasteiger partial charge in [0.1, 0.15) is 5.60 Å². The second kappa shape index (κ2) is 9.09. The lowest BCUT2D eigenvalue weighted by molar-refractivity contribution is -0.168. The Morgan fingerprint density at radius 3 is 2.58 bits per heavy atom. The van der Waals surface area contributed by atoms with Crippen molar-refractivity contribution >= 4 is 0 Å². The fourth-order valence-corrected chi connectivity index (χ4v) is 6.53. The van der Waals surface area contributed by atoms with Crippen LogP contribution >= 0.6 is 0 Å². The van der Waals surface area contributed by atoms with E-state index in [0.717, 1.165) is 50.5 Å². The van der Waals surface area contributed by atoms with Gasteiger partial charge in [0.05, 0.1) is 6.10 Å². The number of allylic oxidation sites excluding steroid dienone is 4. The van der Waals surface area contributed by atoms with Crippen molar-refractivity contribution in [2.24, 2.45) is 23.2 Å². The summed E-state index contributed by atoms with van der Waals surface area (Å²) in [7, 11) is 0. The molecular formula is C27H42F2O2. The standard InChI is InChI=1S/C27H42F2O2/c1-18-8-11-22(30)17-21(18)10-9-20-7-6-15-26(5)23(12-13-24(20)26)19(2)14-16-27(28,29)25(3,4)31/h9-10,19,22-24,30-31H,1,6-8,11-17H2,2-5H3/b20-9+,21-10-/t19-,22+,23-,24+,26-/m1/s1. The van der Waals surface area contributed by atoms with Crippen molar-refractivity contribution in [3.05, 3.63) is 35.5 Å². The van der Waals surface area contributed by atoms with Crippen LogP contribution in [0.5, 0.6) is 0 Å². The third kappa shape index (κ3) is 5.16. The second-order valence-corrected chi connectivity index (χ2v) is 11.3. The number of rotatable bonds is 6. The lowest BCUT2D eigenvalue weighted by atomic mass is 9.60. The fraction of sp³-hybridized carbons (Fsp3) is 0.778. The molecule has 0 bridgehead atoms. The molecule has 0 saturated heterocycles. The summed E-state index contributed by atoms with van der Waals surface area (Å²) in [5.41, 5.74) is 2.00. The summed E-state index contributed by atoms with van der Waals surface area (Å²) in [4.78, 5) is 0. The third-order valence-electron chi connectivity index (χ3n) is 8.72. The highest BCUT2D eigenvalue weighted by Crippen LogP contribution is 2.60. The Balaban J connectivity index is 1.71. The molecule has 0 aromatic rings. The molecule has 31 heavy (non-hydrogen) atoms. The van der Waals surface area contributed by atoms with E-state index in [-0.39, 0.29) is 23.9 Å². The Hall–Kier alpha value is -1.00. The molecule has 0 radical (unpaired) electrons. The highest BCUT2D eigenvalue weighted by atomic mass is 19.3. The van der Waals surface area contributed by atoms with Crippen LogP contribution in [0.3, 0.4) is 0 Å². The number of aliphatic hydroxyl groups is 2. The van der Waals surface area contributed by atoms with Gasteiger partial charge in [-0.3, -0.25) is 0 Å². The number of aliphatic hydroxyl groups excluding tert-OH is 1. The molecule has 176 valence electrons. The van der Waals surface area contributed by atoms with Gasteiger partial charge in [-0.2, -0.15) is 0 Å². The van der Waals surface area contributed by atoms with Crippen LogP contribution in [-0.2, 0) is 0 Å². The van der Waals surface area contributed by atoms with Gasteiger partial charge in [-0.15, -0.1) is 0 Å². The molecule has 0 heterocycles. The van der Waals surface area contributed by atoms with Crippen molar-refractivity contribution in [1.29, 1.82) is 0 Å². The maximum Gasteiger partial charge on any atom is 0.275 e. The summed E-state index contributed by atoms with van der Waals surface area (Å²) in [6.45, 7) is 11.1. The van der Waals surface area contributed by atoms with Crippen LogP contribution in [0, 0.1) is 23.2 Å². The molecule has 0 unspecified atom stereocenters. The molecule has 2 nitrogen and oxygen atoms in total. The van der Waals surface area contributed by atoms with E-state index >= 15 is 0 Å². The maximum atomic E-state index is 14.3. The number of halogens is 2. The Labute approximate surface area is 187 Å². The molecule has 3 saturated carbocycles. The maximum absolute atomic E-state index is 14.3. The smallest absolute Gasteiger partial charge is 0.275 e. The number of fused-ring (bicyclic) bond motifs is 1. The van der Waals surface area contributed by atoms with Crippen LogP contribution in [-0.4, -0.2) is 27.8 Å². The first kappa shape index (κ1) is 24.6. The van der Waals surface area contributed by atoms with Gasteiger partial charge in [0.25, 0.3) is 5.92 Å². The monoisotopic (exact) mass is 436 g/mol. The molecule has 3 aliphatic carbocycles. The van der Waals surface area contributed by atoms with E-state index in [1.165, 1.54) is 25.0 Å². The van der Waals surface area contributed by atoms with Crippen molar-refractivity contribution in [2.75, 3.05) is 0 Å². The highest BCUT2D eigenvalue weighted by molar-refractivity contribution is 5.36. The van der Waals surface area contributed by atoms with Gasteiger partial charge in [-0.05, 0) is 100 Å². The van der Waals surface area contributed by atoms with Gasteiger partial charge < -0.3 is 10.2 Å². The van der Waals surface area contributed by atoms with Crippen molar-refractivity contribution in [1.82, 2.24) is 0 Å². The van der Waals surface area contributed by atoms with Gasteiger partial charge in [-0.1, -0.05) is 43.7 Å². The Morgan fingerprint density at radius 2 is 1.90 bits per heavy atom. The summed E-state index contributed by atoms with van der Waals surface area (Å²) < 4.78 is 28.6. The van der Waals surface area contributed by atoms with Gasteiger partial charge in [0.15, 0.2) is 0 Å². The molecule has 0 spiro atoms. The molecule has 3 fully saturated rings. The average Bonchev–Trinajstić information content (AvgIpc) is 3.03. The summed E-state index contributed by atoms with van der Waals surface area (Å²) in [5, 5.41) is 19.8. The summed E-state index contributed by atoms with van der Waals surface area (Å²) in [5.74, 6) is -1.88. The van der Waals surface area contributed by atoms with Crippen molar-refractivity contribution in [2.45, 2.75) is 110 Å². The molecule has 3 rings (SSSR count). The second-order valence-electron chi connectivity index (χ2n) is 11.3. The van der Waals surface area contributed by atoms with E-state index in [4.69, 9.17) is 0 Å². The van der Waals surface area contributed by atoms with Crippen molar-refractivity contribution in [3.8, 4) is 0 Å². The van der Waals surface area contributed by atoms with Crippen LogP contribution in [0.15, 0.2) is 35.5 Å². The molecule has 0 aromatic heterocycles. The third-order valence-corrected chi connectivity index (χ3v) is 8.72. The minimum atomic E-state index is -3.06.